The van der Waals surface area contributed by atoms with E-state index in [0.717, 1.165) is 31.6 Å². The van der Waals surface area contributed by atoms with Crippen LogP contribution in [0.2, 0.25) is 0 Å². The molecule has 1 saturated carbocycles. The standard InChI is InChI=1S/C16H25NO2/c1-4-19-16-10-14(11-16)17-12(2)9-13-5-7-15(18-3)8-6-13/h5-8,12,14,16-17H,4,9-11H2,1-3H3. The van der Waals surface area contributed by atoms with E-state index in [1.165, 1.54) is 5.56 Å². The van der Waals surface area contributed by atoms with Gasteiger partial charge in [0.15, 0.2) is 0 Å². The van der Waals surface area contributed by atoms with Crippen molar-refractivity contribution in [3.63, 3.8) is 0 Å². The maximum Gasteiger partial charge on any atom is 0.118 e. The van der Waals surface area contributed by atoms with Gasteiger partial charge in [-0.05, 0) is 50.8 Å². The Morgan fingerprint density at radius 3 is 2.53 bits per heavy atom. The van der Waals surface area contributed by atoms with Gasteiger partial charge in [0.2, 0.25) is 0 Å². The molecule has 0 amide bonds. The van der Waals surface area contributed by atoms with E-state index in [2.05, 4.69) is 31.3 Å². The molecular formula is C16H25NO2. The van der Waals surface area contributed by atoms with Gasteiger partial charge in [-0.2, -0.15) is 0 Å². The molecule has 1 fully saturated rings. The van der Waals surface area contributed by atoms with Crippen LogP contribution in [0.4, 0.5) is 0 Å². The molecule has 3 nitrogen and oxygen atoms in total. The minimum Gasteiger partial charge on any atom is -0.497 e. The third-order valence-electron chi connectivity index (χ3n) is 3.72. The van der Waals surface area contributed by atoms with Gasteiger partial charge in [-0.1, -0.05) is 12.1 Å². The van der Waals surface area contributed by atoms with Crippen LogP contribution in [0.3, 0.4) is 0 Å². The molecule has 1 unspecified atom stereocenters. The number of nitrogens with one attached hydrogen (secondary N) is 1. The summed E-state index contributed by atoms with van der Waals surface area (Å²) in [6.07, 6.45) is 3.84. The molecule has 0 aromatic heterocycles. The van der Waals surface area contributed by atoms with Crippen molar-refractivity contribution in [1.82, 2.24) is 5.32 Å². The fourth-order valence-electron chi connectivity index (χ4n) is 2.65. The maximum atomic E-state index is 5.58. The summed E-state index contributed by atoms with van der Waals surface area (Å²) in [5.74, 6) is 0.919. The highest BCUT2D eigenvalue weighted by atomic mass is 16.5. The van der Waals surface area contributed by atoms with Gasteiger partial charge < -0.3 is 14.8 Å². The van der Waals surface area contributed by atoms with E-state index in [0.29, 0.717) is 18.2 Å². The molecule has 0 radical (unpaired) electrons. The lowest BCUT2D eigenvalue weighted by Gasteiger charge is -2.37. The number of rotatable bonds is 7. The number of hydrogen-bond donors (Lipinski definition) is 1. The molecule has 1 aromatic carbocycles. The smallest absolute Gasteiger partial charge is 0.118 e. The van der Waals surface area contributed by atoms with Crippen LogP contribution >= 0.6 is 0 Å². The van der Waals surface area contributed by atoms with Crippen molar-refractivity contribution >= 4 is 0 Å². The normalized spacial score (nSPS) is 23.7. The van der Waals surface area contributed by atoms with Gasteiger partial charge >= 0.3 is 0 Å². The second kappa shape index (κ2) is 6.92. The largest absolute Gasteiger partial charge is 0.497 e. The monoisotopic (exact) mass is 263 g/mol. The zero-order chi connectivity index (χ0) is 13.7. The van der Waals surface area contributed by atoms with Crippen molar-refractivity contribution in [2.45, 2.75) is 51.3 Å². The molecule has 0 saturated heterocycles. The highest BCUT2D eigenvalue weighted by Gasteiger charge is 2.29. The van der Waals surface area contributed by atoms with Crippen molar-refractivity contribution in [3.8, 4) is 5.75 Å². The second-order valence-corrected chi connectivity index (χ2v) is 5.37. The van der Waals surface area contributed by atoms with Crippen LogP contribution in [0, 0.1) is 0 Å². The summed E-state index contributed by atoms with van der Waals surface area (Å²) in [5, 5.41) is 3.67. The minimum absolute atomic E-state index is 0.482. The average molecular weight is 263 g/mol. The van der Waals surface area contributed by atoms with Crippen LogP contribution in [0.5, 0.6) is 5.75 Å². The van der Waals surface area contributed by atoms with E-state index in [9.17, 15) is 0 Å². The zero-order valence-electron chi connectivity index (χ0n) is 12.2. The van der Waals surface area contributed by atoms with Gasteiger partial charge in [0.25, 0.3) is 0 Å². The lowest BCUT2D eigenvalue weighted by molar-refractivity contribution is -0.0119. The summed E-state index contributed by atoms with van der Waals surface area (Å²) in [4.78, 5) is 0. The minimum atomic E-state index is 0.482. The van der Waals surface area contributed by atoms with Gasteiger partial charge in [0, 0.05) is 18.7 Å². The van der Waals surface area contributed by atoms with E-state index in [1.54, 1.807) is 7.11 Å². The van der Waals surface area contributed by atoms with Crippen LogP contribution in [0.1, 0.15) is 32.3 Å². The van der Waals surface area contributed by atoms with E-state index in [-0.39, 0.29) is 0 Å². The highest BCUT2D eigenvalue weighted by molar-refractivity contribution is 5.27. The van der Waals surface area contributed by atoms with Gasteiger partial charge in [-0.15, -0.1) is 0 Å². The molecule has 1 aromatic rings. The Morgan fingerprint density at radius 2 is 1.95 bits per heavy atom. The lowest BCUT2D eigenvalue weighted by atomic mass is 9.88. The molecule has 19 heavy (non-hydrogen) atoms. The molecule has 1 aliphatic carbocycles. The zero-order valence-corrected chi connectivity index (χ0v) is 12.2. The van der Waals surface area contributed by atoms with E-state index in [4.69, 9.17) is 9.47 Å². The molecule has 0 bridgehead atoms. The molecule has 1 aliphatic rings. The summed E-state index contributed by atoms with van der Waals surface area (Å²) in [6.45, 7) is 5.14. The number of hydrogen-bond acceptors (Lipinski definition) is 3. The lowest BCUT2D eigenvalue weighted by Crippen LogP contribution is -2.49. The third-order valence-corrected chi connectivity index (χ3v) is 3.72. The van der Waals surface area contributed by atoms with Crippen LogP contribution in [-0.4, -0.2) is 31.9 Å². The van der Waals surface area contributed by atoms with E-state index < -0.39 is 0 Å². The van der Waals surface area contributed by atoms with E-state index in [1.807, 2.05) is 12.1 Å². The topological polar surface area (TPSA) is 30.5 Å². The Morgan fingerprint density at radius 1 is 1.26 bits per heavy atom. The molecule has 106 valence electrons. The SMILES string of the molecule is CCOC1CC(NC(C)Cc2ccc(OC)cc2)C1. The Hall–Kier alpha value is -1.06. The first-order chi connectivity index (χ1) is 9.21. The van der Waals surface area contributed by atoms with Gasteiger partial charge in [-0.3, -0.25) is 0 Å². The molecule has 1 N–H and O–H groups in total. The predicted molar refractivity (Wildman–Crippen MR) is 77.7 cm³/mol. The fraction of sp³-hybridized carbons (Fsp3) is 0.625. The highest BCUT2D eigenvalue weighted by Crippen LogP contribution is 2.24. The summed E-state index contributed by atoms with van der Waals surface area (Å²) >= 11 is 0. The van der Waals surface area contributed by atoms with Crippen LogP contribution in [-0.2, 0) is 11.2 Å². The summed E-state index contributed by atoms with van der Waals surface area (Å²) in [5.41, 5.74) is 1.35. The molecular weight excluding hydrogens is 238 g/mol. The Balaban J connectivity index is 1.71. The van der Waals surface area contributed by atoms with Crippen molar-refractivity contribution in [2.24, 2.45) is 0 Å². The molecule has 0 aliphatic heterocycles. The predicted octanol–water partition coefficient (Wildman–Crippen LogP) is 2.78. The van der Waals surface area contributed by atoms with E-state index >= 15 is 0 Å². The molecule has 3 heteroatoms. The Kier molecular flexibility index (Phi) is 5.23. The fourth-order valence-corrected chi connectivity index (χ4v) is 2.65. The third kappa shape index (κ3) is 4.22. The first-order valence-electron chi connectivity index (χ1n) is 7.21. The van der Waals surface area contributed by atoms with Crippen LogP contribution in [0.25, 0.3) is 0 Å². The summed E-state index contributed by atoms with van der Waals surface area (Å²) in [6, 6.07) is 9.46. The summed E-state index contributed by atoms with van der Waals surface area (Å²) < 4.78 is 10.7. The first-order valence-corrected chi connectivity index (χ1v) is 7.21. The van der Waals surface area contributed by atoms with Crippen molar-refractivity contribution in [2.75, 3.05) is 13.7 Å². The Labute approximate surface area is 116 Å². The number of methoxy groups -OCH3 is 1. The molecule has 0 heterocycles. The molecule has 1 atom stereocenters. The average Bonchev–Trinajstić information content (AvgIpc) is 2.37. The molecule has 0 spiro atoms. The first kappa shape index (κ1) is 14.4. The Bertz CT molecular complexity index is 371. The molecule has 2 rings (SSSR count). The van der Waals surface area contributed by atoms with Gasteiger partial charge in [0.05, 0.1) is 13.2 Å². The van der Waals surface area contributed by atoms with Crippen molar-refractivity contribution in [3.05, 3.63) is 29.8 Å². The second-order valence-electron chi connectivity index (χ2n) is 5.37. The van der Waals surface area contributed by atoms with Crippen LogP contribution < -0.4 is 10.1 Å². The summed E-state index contributed by atoms with van der Waals surface area (Å²) in [7, 11) is 1.70. The maximum absolute atomic E-state index is 5.58. The van der Waals surface area contributed by atoms with Crippen molar-refractivity contribution in [1.29, 1.82) is 0 Å². The number of benzene rings is 1. The van der Waals surface area contributed by atoms with Gasteiger partial charge in [0.1, 0.15) is 5.75 Å². The number of ether oxygens (including phenoxy) is 2. The van der Waals surface area contributed by atoms with Gasteiger partial charge in [-0.25, -0.2) is 0 Å². The quantitative estimate of drug-likeness (QED) is 0.820. The van der Waals surface area contributed by atoms with Crippen LogP contribution in [0.15, 0.2) is 24.3 Å². The van der Waals surface area contributed by atoms with Crippen molar-refractivity contribution < 1.29 is 9.47 Å².